The predicted molar refractivity (Wildman–Crippen MR) is 64.7 cm³/mol. The summed E-state index contributed by atoms with van der Waals surface area (Å²) in [6.07, 6.45) is 6.82. The van der Waals surface area contributed by atoms with E-state index in [4.69, 9.17) is 5.21 Å². The van der Waals surface area contributed by atoms with Gasteiger partial charge in [-0.2, -0.15) is 0 Å². The zero-order valence-electron chi connectivity index (χ0n) is 9.89. The first-order chi connectivity index (χ1) is 7.76. The maximum atomic E-state index is 9.01. The van der Waals surface area contributed by atoms with Gasteiger partial charge in [0.2, 0.25) is 0 Å². The van der Waals surface area contributed by atoms with E-state index >= 15 is 0 Å². The van der Waals surface area contributed by atoms with Gasteiger partial charge >= 0.3 is 0 Å². The quantitative estimate of drug-likeness (QED) is 0.748. The molecule has 3 nitrogen and oxygen atoms in total. The molecule has 1 aromatic carbocycles. The topological polar surface area (TPSA) is 32.7 Å². The largest absolute Gasteiger partial charge is 0.264 e. The van der Waals surface area contributed by atoms with Gasteiger partial charge < -0.3 is 0 Å². The lowest BCUT2D eigenvalue weighted by molar-refractivity contribution is -0.288. The van der Waals surface area contributed by atoms with E-state index < -0.39 is 0 Å². The molecule has 0 bridgehead atoms. The van der Waals surface area contributed by atoms with Crippen LogP contribution in [0.15, 0.2) is 30.5 Å². The highest BCUT2D eigenvalue weighted by molar-refractivity contribution is 5.49. The summed E-state index contributed by atoms with van der Waals surface area (Å²) >= 11 is 0. The van der Waals surface area contributed by atoms with Crippen molar-refractivity contribution in [3.63, 3.8) is 0 Å². The molecule has 0 heterocycles. The number of hydrogen-bond acceptors (Lipinski definition) is 3. The predicted octanol–water partition coefficient (Wildman–Crippen LogP) is 3.25. The van der Waals surface area contributed by atoms with Crippen molar-refractivity contribution in [2.75, 3.05) is 7.11 Å². The molecule has 1 rings (SSSR count). The monoisotopic (exact) mass is 221 g/mol. The Labute approximate surface area is 96.9 Å². The van der Waals surface area contributed by atoms with Crippen LogP contribution in [0.4, 0.5) is 0 Å². The van der Waals surface area contributed by atoms with Crippen LogP contribution in [0.2, 0.25) is 0 Å². The minimum absolute atomic E-state index is 0.672. The van der Waals surface area contributed by atoms with Gasteiger partial charge in [0.05, 0.1) is 13.3 Å². The molecule has 0 unspecified atom stereocenters. The molecule has 0 amide bonds. The Bertz CT molecular complexity index is 319. The number of benzene rings is 1. The van der Waals surface area contributed by atoms with Crippen molar-refractivity contribution in [3.05, 3.63) is 41.6 Å². The van der Waals surface area contributed by atoms with Gasteiger partial charge in [-0.1, -0.05) is 37.6 Å². The fourth-order valence-electron chi connectivity index (χ4n) is 1.39. The lowest BCUT2D eigenvalue weighted by Gasteiger charge is -2.06. The zero-order valence-corrected chi connectivity index (χ0v) is 9.89. The molecule has 0 aliphatic heterocycles. The Morgan fingerprint density at radius 1 is 1.31 bits per heavy atom. The minimum atomic E-state index is 0.672. The molecule has 0 spiro atoms. The van der Waals surface area contributed by atoms with Gasteiger partial charge in [-0.15, -0.1) is 5.23 Å². The van der Waals surface area contributed by atoms with E-state index in [-0.39, 0.29) is 0 Å². The van der Waals surface area contributed by atoms with Gasteiger partial charge in [0.15, 0.2) is 0 Å². The lowest BCUT2D eigenvalue weighted by Crippen LogP contribution is -2.07. The Morgan fingerprint density at radius 3 is 2.56 bits per heavy atom. The van der Waals surface area contributed by atoms with E-state index in [0.717, 1.165) is 12.0 Å². The summed E-state index contributed by atoms with van der Waals surface area (Å²) in [6, 6.07) is 8.30. The summed E-state index contributed by atoms with van der Waals surface area (Å²) in [7, 11) is 1.40. The molecule has 88 valence electrons. The molecule has 0 aliphatic carbocycles. The molecule has 0 atom stereocenters. The summed E-state index contributed by atoms with van der Waals surface area (Å²) in [5.74, 6) is 0. The number of rotatable bonds is 6. The average Bonchev–Trinajstić information content (AvgIpc) is 2.34. The average molecular weight is 221 g/mol. The number of hydrogen-bond donors (Lipinski definition) is 1. The van der Waals surface area contributed by atoms with Gasteiger partial charge in [0, 0.05) is 0 Å². The molecule has 1 aromatic rings. The zero-order chi connectivity index (χ0) is 11.8. The number of unbranched alkanes of at least 4 members (excludes halogenated alkanes) is 1. The van der Waals surface area contributed by atoms with Crippen LogP contribution in [0.3, 0.4) is 0 Å². The Balaban J connectivity index is 2.54. The third-order valence-corrected chi connectivity index (χ3v) is 2.38. The second kappa shape index (κ2) is 7.04. The third kappa shape index (κ3) is 4.47. The first kappa shape index (κ1) is 12.7. The Kier molecular flexibility index (Phi) is 5.61. The van der Waals surface area contributed by atoms with E-state index in [0.29, 0.717) is 5.23 Å². The van der Waals surface area contributed by atoms with Crippen LogP contribution < -0.4 is 0 Å². The second-order valence-electron chi connectivity index (χ2n) is 3.65. The normalized spacial score (nSPS) is 10.9. The number of hydroxylamine groups is 2. The minimum Gasteiger partial charge on any atom is -0.264 e. The molecule has 1 N–H and O–H groups in total. The Morgan fingerprint density at radius 2 is 2.00 bits per heavy atom. The highest BCUT2D eigenvalue weighted by Crippen LogP contribution is 2.09. The van der Waals surface area contributed by atoms with E-state index in [9.17, 15) is 0 Å². The molecule has 0 radical (unpaired) electrons. The number of nitrogens with zero attached hydrogens (tertiary/aromatic N) is 1. The van der Waals surface area contributed by atoms with Gasteiger partial charge in [-0.25, -0.2) is 0 Å². The molecule has 0 fully saturated rings. The van der Waals surface area contributed by atoms with Crippen LogP contribution in [0.5, 0.6) is 0 Å². The third-order valence-electron chi connectivity index (χ3n) is 2.38. The van der Waals surface area contributed by atoms with Crippen LogP contribution in [-0.2, 0) is 11.3 Å². The van der Waals surface area contributed by atoms with Crippen LogP contribution in [-0.4, -0.2) is 17.5 Å². The van der Waals surface area contributed by atoms with Crippen molar-refractivity contribution < 1.29 is 10.0 Å². The highest BCUT2D eigenvalue weighted by Gasteiger charge is 1.93. The lowest BCUT2D eigenvalue weighted by atomic mass is 10.1. The molecular weight excluding hydrogens is 202 g/mol. The van der Waals surface area contributed by atoms with Crippen molar-refractivity contribution >= 4 is 6.08 Å². The van der Waals surface area contributed by atoms with Gasteiger partial charge in [0.1, 0.15) is 0 Å². The van der Waals surface area contributed by atoms with Gasteiger partial charge in [-0.05, 0) is 30.0 Å². The van der Waals surface area contributed by atoms with Crippen molar-refractivity contribution in [2.24, 2.45) is 0 Å². The van der Waals surface area contributed by atoms with Gasteiger partial charge in [0.25, 0.3) is 0 Å². The van der Waals surface area contributed by atoms with E-state index in [1.807, 2.05) is 12.1 Å². The summed E-state index contributed by atoms with van der Waals surface area (Å²) in [5, 5.41) is 9.69. The van der Waals surface area contributed by atoms with Crippen LogP contribution in [0.25, 0.3) is 6.08 Å². The Hall–Kier alpha value is -1.32. The SMILES string of the molecule is CCCCc1ccc(/C=C/N(O)OC)cc1. The molecule has 0 aliphatic rings. The first-order valence-corrected chi connectivity index (χ1v) is 5.55. The summed E-state index contributed by atoms with van der Waals surface area (Å²) in [5.41, 5.74) is 2.39. The standard InChI is InChI=1S/C13H19NO2/c1-3-4-5-12-6-8-13(9-7-12)10-11-14(15)16-2/h6-11,15H,3-5H2,1-2H3/b11-10+. The fraction of sp³-hybridized carbons (Fsp3) is 0.385. The molecule has 0 aromatic heterocycles. The van der Waals surface area contributed by atoms with E-state index in [1.54, 1.807) is 6.08 Å². The maximum Gasteiger partial charge on any atom is 0.0665 e. The second-order valence-corrected chi connectivity index (χ2v) is 3.65. The molecule has 0 saturated heterocycles. The maximum absolute atomic E-state index is 9.01. The van der Waals surface area contributed by atoms with Crippen molar-refractivity contribution in [3.8, 4) is 0 Å². The van der Waals surface area contributed by atoms with E-state index in [2.05, 4.69) is 23.9 Å². The van der Waals surface area contributed by atoms with Crippen molar-refractivity contribution in [2.45, 2.75) is 26.2 Å². The molecule has 0 saturated carbocycles. The van der Waals surface area contributed by atoms with Crippen LogP contribution in [0, 0.1) is 0 Å². The summed E-state index contributed by atoms with van der Waals surface area (Å²) in [4.78, 5) is 4.55. The first-order valence-electron chi connectivity index (χ1n) is 5.55. The van der Waals surface area contributed by atoms with Crippen molar-refractivity contribution in [1.29, 1.82) is 0 Å². The smallest absolute Gasteiger partial charge is 0.0665 e. The molecule has 3 heteroatoms. The highest BCUT2D eigenvalue weighted by atomic mass is 16.9. The summed E-state index contributed by atoms with van der Waals surface area (Å²) in [6.45, 7) is 2.19. The van der Waals surface area contributed by atoms with Crippen LogP contribution >= 0.6 is 0 Å². The van der Waals surface area contributed by atoms with E-state index in [1.165, 1.54) is 31.7 Å². The molecular formula is C13H19NO2. The summed E-state index contributed by atoms with van der Waals surface area (Å²) < 4.78 is 0. The van der Waals surface area contributed by atoms with Crippen LogP contribution in [0.1, 0.15) is 30.9 Å². The fourth-order valence-corrected chi connectivity index (χ4v) is 1.39. The van der Waals surface area contributed by atoms with Crippen molar-refractivity contribution in [1.82, 2.24) is 5.23 Å². The molecule has 16 heavy (non-hydrogen) atoms. The van der Waals surface area contributed by atoms with Gasteiger partial charge in [-0.3, -0.25) is 10.0 Å². The number of aryl methyl sites for hydroxylation is 1.